The molecule has 0 fully saturated rings. The van der Waals surface area contributed by atoms with Gasteiger partial charge >= 0.3 is 18.0 Å². The smallest absolute Gasteiger partial charge is 0.326 e. The van der Waals surface area contributed by atoms with E-state index in [9.17, 15) is 14.4 Å². The first-order valence-electron chi connectivity index (χ1n) is 6.22. The molecule has 10 nitrogen and oxygen atoms in total. The van der Waals surface area contributed by atoms with Crippen LogP contribution in [0.3, 0.4) is 0 Å². The van der Waals surface area contributed by atoms with Crippen LogP contribution in [0, 0.1) is 0 Å². The van der Waals surface area contributed by atoms with Crippen molar-refractivity contribution < 1.29 is 24.6 Å². The van der Waals surface area contributed by atoms with Crippen LogP contribution in [0.4, 0.5) is 4.79 Å². The van der Waals surface area contributed by atoms with Crippen molar-refractivity contribution in [1.29, 1.82) is 0 Å². The Balaban J connectivity index is 2.34. The fraction of sp³-hybridized carbons (Fsp3) is 0.545. The van der Waals surface area contributed by atoms with E-state index in [1.54, 1.807) is 11.6 Å². The van der Waals surface area contributed by atoms with Gasteiger partial charge in [-0.05, 0) is 6.42 Å². The number of urea groups is 1. The number of hydrogen-bond acceptors (Lipinski definition) is 5. The third kappa shape index (κ3) is 5.89. The predicted molar refractivity (Wildman–Crippen MR) is 69.5 cm³/mol. The van der Waals surface area contributed by atoms with Crippen LogP contribution in [-0.4, -0.2) is 55.5 Å². The summed E-state index contributed by atoms with van der Waals surface area (Å²) in [6, 6.07) is -1.91. The van der Waals surface area contributed by atoms with Gasteiger partial charge in [0.2, 0.25) is 0 Å². The number of aliphatic carboxylic acids is 2. The standard InChI is InChI=1S/C11H17N5O5/c1-16-6-13-15-8(16)4-5-12-11(21)14-7(10(19)20)2-3-9(17)18/h6-7H,2-5H2,1H3,(H,17,18)(H,19,20)(H2,12,14,21)/t7-/m0/s1. The Labute approximate surface area is 120 Å². The summed E-state index contributed by atoms with van der Waals surface area (Å²) in [5.74, 6) is -1.72. The van der Waals surface area contributed by atoms with Crippen LogP contribution < -0.4 is 10.6 Å². The number of aryl methyl sites for hydroxylation is 1. The molecule has 1 aromatic heterocycles. The second-order valence-corrected chi connectivity index (χ2v) is 4.33. The fourth-order valence-corrected chi connectivity index (χ4v) is 1.56. The molecule has 0 aromatic carbocycles. The van der Waals surface area contributed by atoms with E-state index < -0.39 is 24.0 Å². The van der Waals surface area contributed by atoms with Crippen LogP contribution in [0.1, 0.15) is 18.7 Å². The van der Waals surface area contributed by atoms with E-state index >= 15 is 0 Å². The minimum atomic E-state index is -1.28. The first-order valence-corrected chi connectivity index (χ1v) is 6.22. The van der Waals surface area contributed by atoms with E-state index in [4.69, 9.17) is 10.2 Å². The number of aromatic nitrogens is 3. The number of carboxylic acids is 2. The van der Waals surface area contributed by atoms with Gasteiger partial charge in [0.1, 0.15) is 18.2 Å². The molecular weight excluding hydrogens is 282 g/mol. The van der Waals surface area contributed by atoms with Gasteiger partial charge in [-0.25, -0.2) is 9.59 Å². The summed E-state index contributed by atoms with van der Waals surface area (Å²) < 4.78 is 1.70. The van der Waals surface area contributed by atoms with Gasteiger partial charge in [-0.15, -0.1) is 10.2 Å². The molecule has 116 valence electrons. The highest BCUT2D eigenvalue weighted by atomic mass is 16.4. The number of hydrogen-bond donors (Lipinski definition) is 4. The maximum atomic E-state index is 11.5. The van der Waals surface area contributed by atoms with Gasteiger partial charge < -0.3 is 25.4 Å². The van der Waals surface area contributed by atoms with Crippen LogP contribution in [0.2, 0.25) is 0 Å². The summed E-state index contributed by atoms with van der Waals surface area (Å²) in [5.41, 5.74) is 0. The first-order chi connectivity index (χ1) is 9.90. The highest BCUT2D eigenvalue weighted by Crippen LogP contribution is 1.98. The SMILES string of the molecule is Cn1cnnc1CCNC(=O)N[C@@H](CCC(=O)O)C(=O)O. The summed E-state index contributed by atoms with van der Waals surface area (Å²) in [5, 5.41) is 29.6. The molecule has 4 N–H and O–H groups in total. The third-order valence-corrected chi connectivity index (χ3v) is 2.69. The van der Waals surface area contributed by atoms with Crippen LogP contribution in [0.15, 0.2) is 6.33 Å². The van der Waals surface area contributed by atoms with E-state index in [-0.39, 0.29) is 19.4 Å². The van der Waals surface area contributed by atoms with Crippen molar-refractivity contribution in [3.05, 3.63) is 12.2 Å². The summed E-state index contributed by atoms with van der Waals surface area (Å²) in [4.78, 5) is 32.8. The average Bonchev–Trinajstić information content (AvgIpc) is 2.79. The van der Waals surface area contributed by atoms with Crippen molar-refractivity contribution >= 4 is 18.0 Å². The molecule has 1 aromatic rings. The number of amides is 2. The molecule has 0 aliphatic carbocycles. The lowest BCUT2D eigenvalue weighted by atomic mass is 10.1. The van der Waals surface area contributed by atoms with Crippen LogP contribution in [0.5, 0.6) is 0 Å². The van der Waals surface area contributed by atoms with Crippen molar-refractivity contribution in [2.75, 3.05) is 6.54 Å². The zero-order valence-electron chi connectivity index (χ0n) is 11.4. The van der Waals surface area contributed by atoms with Gasteiger partial charge in [0.25, 0.3) is 0 Å². The van der Waals surface area contributed by atoms with E-state index in [1.807, 2.05) is 0 Å². The lowest BCUT2D eigenvalue weighted by Crippen LogP contribution is -2.46. The minimum absolute atomic E-state index is 0.179. The largest absolute Gasteiger partial charge is 0.481 e. The maximum absolute atomic E-state index is 11.5. The Kier molecular flexibility index (Phi) is 6.11. The van der Waals surface area contributed by atoms with Crippen molar-refractivity contribution in [1.82, 2.24) is 25.4 Å². The zero-order valence-corrected chi connectivity index (χ0v) is 11.4. The molecule has 2 amide bonds. The quantitative estimate of drug-likeness (QED) is 0.480. The Bertz CT molecular complexity index is 515. The summed E-state index contributed by atoms with van der Waals surface area (Å²) >= 11 is 0. The second kappa shape index (κ2) is 7.82. The molecule has 0 unspecified atom stereocenters. The van der Waals surface area contributed by atoms with Crippen LogP contribution in [0.25, 0.3) is 0 Å². The topological polar surface area (TPSA) is 146 Å². The molecule has 1 rings (SSSR count). The lowest BCUT2D eigenvalue weighted by Gasteiger charge is -2.14. The Morgan fingerprint density at radius 1 is 1.38 bits per heavy atom. The van der Waals surface area contributed by atoms with Crippen LogP contribution in [-0.2, 0) is 23.1 Å². The maximum Gasteiger partial charge on any atom is 0.326 e. The van der Waals surface area contributed by atoms with E-state index in [0.29, 0.717) is 12.2 Å². The van der Waals surface area contributed by atoms with E-state index in [0.717, 1.165) is 0 Å². The van der Waals surface area contributed by atoms with Crippen LogP contribution >= 0.6 is 0 Å². The lowest BCUT2D eigenvalue weighted by molar-refractivity contribution is -0.140. The molecular formula is C11H17N5O5. The van der Waals surface area contributed by atoms with Crippen molar-refractivity contribution in [2.45, 2.75) is 25.3 Å². The molecule has 0 radical (unpaired) electrons. The highest BCUT2D eigenvalue weighted by Gasteiger charge is 2.20. The summed E-state index contributed by atoms with van der Waals surface area (Å²) in [7, 11) is 1.77. The highest BCUT2D eigenvalue weighted by molar-refractivity contribution is 5.82. The summed E-state index contributed by atoms with van der Waals surface area (Å²) in [6.07, 6.45) is 1.45. The number of carbonyl (C=O) groups excluding carboxylic acids is 1. The summed E-state index contributed by atoms with van der Waals surface area (Å²) in [6.45, 7) is 0.254. The molecule has 1 atom stereocenters. The molecule has 0 bridgehead atoms. The molecule has 1 heterocycles. The number of carbonyl (C=O) groups is 3. The Morgan fingerprint density at radius 2 is 2.10 bits per heavy atom. The normalized spacial score (nSPS) is 11.7. The fourth-order valence-electron chi connectivity index (χ4n) is 1.56. The van der Waals surface area contributed by atoms with E-state index in [2.05, 4.69) is 20.8 Å². The Morgan fingerprint density at radius 3 is 2.62 bits per heavy atom. The second-order valence-electron chi connectivity index (χ2n) is 4.33. The van der Waals surface area contributed by atoms with Crippen molar-refractivity contribution in [2.24, 2.45) is 7.05 Å². The number of nitrogens with one attached hydrogen (secondary N) is 2. The van der Waals surface area contributed by atoms with Gasteiger partial charge in [0.05, 0.1) is 0 Å². The first kappa shape index (κ1) is 16.4. The molecule has 0 saturated carbocycles. The number of carboxylic acid groups (broad SMARTS) is 2. The zero-order chi connectivity index (χ0) is 15.8. The predicted octanol–water partition coefficient (Wildman–Crippen LogP) is -1.03. The van der Waals surface area contributed by atoms with Crippen molar-refractivity contribution in [3.63, 3.8) is 0 Å². The number of rotatable bonds is 8. The molecule has 0 aliphatic heterocycles. The third-order valence-electron chi connectivity index (χ3n) is 2.69. The molecule has 0 saturated heterocycles. The Hall–Kier alpha value is -2.65. The van der Waals surface area contributed by atoms with Gasteiger partial charge in [-0.1, -0.05) is 0 Å². The van der Waals surface area contributed by atoms with Gasteiger partial charge in [0, 0.05) is 26.4 Å². The van der Waals surface area contributed by atoms with Gasteiger partial charge in [-0.2, -0.15) is 0 Å². The minimum Gasteiger partial charge on any atom is -0.481 e. The molecule has 0 aliphatic rings. The van der Waals surface area contributed by atoms with E-state index in [1.165, 1.54) is 6.33 Å². The monoisotopic (exact) mass is 299 g/mol. The van der Waals surface area contributed by atoms with Gasteiger partial charge in [-0.3, -0.25) is 4.79 Å². The molecule has 10 heteroatoms. The van der Waals surface area contributed by atoms with Gasteiger partial charge in [0.15, 0.2) is 0 Å². The average molecular weight is 299 g/mol. The van der Waals surface area contributed by atoms with Crippen molar-refractivity contribution in [3.8, 4) is 0 Å². The number of nitrogens with zero attached hydrogens (tertiary/aromatic N) is 3. The molecule has 0 spiro atoms. The molecule has 21 heavy (non-hydrogen) atoms.